The van der Waals surface area contributed by atoms with Gasteiger partial charge in [-0.2, -0.15) is 0 Å². The second-order valence-corrected chi connectivity index (χ2v) is 4.31. The Morgan fingerprint density at radius 2 is 2.29 bits per heavy atom. The Hall–Kier alpha value is -1.30. The fourth-order valence-corrected chi connectivity index (χ4v) is 1.79. The molecular weight excluding hydrogens is 291 g/mol. The average molecular weight is 305 g/mol. The fraction of sp³-hybridized carbons (Fsp3) is 0.364. The van der Waals surface area contributed by atoms with E-state index in [1.165, 1.54) is 6.07 Å². The minimum absolute atomic E-state index is 0.146. The molecule has 1 amide bonds. The molecule has 3 N–H and O–H groups in total. The predicted molar refractivity (Wildman–Crippen MR) is 67.3 cm³/mol. The van der Waals surface area contributed by atoms with Gasteiger partial charge < -0.3 is 15.8 Å². The third-order valence-corrected chi connectivity index (χ3v) is 2.64. The summed E-state index contributed by atoms with van der Waals surface area (Å²) in [6.07, 6.45) is -0.695. The molecule has 94 valence electrons. The second kappa shape index (κ2) is 5.86. The first-order valence-electron chi connectivity index (χ1n) is 5.14. The van der Waals surface area contributed by atoms with Crippen molar-refractivity contribution in [2.24, 2.45) is 0 Å². The Kier molecular flexibility index (Phi) is 4.74. The topological polar surface area (TPSA) is 64.3 Å². The Morgan fingerprint density at radius 1 is 1.65 bits per heavy atom. The third kappa shape index (κ3) is 3.59. The van der Waals surface area contributed by atoms with E-state index in [9.17, 15) is 9.18 Å². The van der Waals surface area contributed by atoms with Crippen LogP contribution in [0.3, 0.4) is 0 Å². The lowest BCUT2D eigenvalue weighted by Crippen LogP contribution is -2.36. The maximum atomic E-state index is 13.0. The molecule has 0 heterocycles. The van der Waals surface area contributed by atoms with Crippen LogP contribution in [0, 0.1) is 5.82 Å². The minimum atomic E-state index is -0.695. The summed E-state index contributed by atoms with van der Waals surface area (Å²) in [4.78, 5) is 11.5. The summed E-state index contributed by atoms with van der Waals surface area (Å²) in [7, 11) is 0. The fourth-order valence-electron chi connectivity index (χ4n) is 1.25. The maximum Gasteiger partial charge on any atom is 0.260 e. The van der Waals surface area contributed by atoms with Crippen LogP contribution in [0.2, 0.25) is 0 Å². The second-order valence-electron chi connectivity index (χ2n) is 3.46. The number of hydrogen-bond acceptors (Lipinski definition) is 3. The molecule has 1 rings (SSSR count). The van der Waals surface area contributed by atoms with Gasteiger partial charge in [0.15, 0.2) is 11.9 Å². The van der Waals surface area contributed by atoms with Crippen molar-refractivity contribution in [2.45, 2.75) is 20.0 Å². The summed E-state index contributed by atoms with van der Waals surface area (Å²) in [5.41, 5.74) is 5.76. The molecule has 0 aliphatic rings. The SMILES string of the molecule is CCNC(=O)C(C)Oc1c(N)cc(F)cc1Br. The van der Waals surface area contributed by atoms with Gasteiger partial charge in [0.2, 0.25) is 0 Å². The number of nitrogens with two attached hydrogens (primary N) is 1. The largest absolute Gasteiger partial charge is 0.478 e. The van der Waals surface area contributed by atoms with Gasteiger partial charge in [-0.05, 0) is 35.8 Å². The standard InChI is InChI=1S/C11H14BrFN2O2/c1-3-15-11(16)6(2)17-10-8(12)4-7(13)5-9(10)14/h4-6H,3,14H2,1-2H3,(H,15,16). The van der Waals surface area contributed by atoms with E-state index in [0.29, 0.717) is 11.0 Å². The van der Waals surface area contributed by atoms with Crippen LogP contribution in [-0.2, 0) is 4.79 Å². The highest BCUT2D eigenvalue weighted by Gasteiger charge is 2.17. The van der Waals surface area contributed by atoms with Crippen molar-refractivity contribution in [1.29, 1.82) is 0 Å². The normalized spacial score (nSPS) is 12.0. The molecule has 1 aromatic rings. The van der Waals surface area contributed by atoms with Gasteiger partial charge in [-0.15, -0.1) is 0 Å². The van der Waals surface area contributed by atoms with Crippen LogP contribution >= 0.6 is 15.9 Å². The van der Waals surface area contributed by atoms with E-state index < -0.39 is 11.9 Å². The number of rotatable bonds is 4. The first-order valence-corrected chi connectivity index (χ1v) is 5.93. The summed E-state index contributed by atoms with van der Waals surface area (Å²) in [5, 5.41) is 2.62. The lowest BCUT2D eigenvalue weighted by atomic mass is 10.3. The predicted octanol–water partition coefficient (Wildman–Crippen LogP) is 2.07. The molecule has 4 nitrogen and oxygen atoms in total. The molecule has 1 atom stereocenters. The first kappa shape index (κ1) is 13.8. The molecule has 6 heteroatoms. The van der Waals surface area contributed by atoms with Gasteiger partial charge in [0, 0.05) is 12.6 Å². The van der Waals surface area contributed by atoms with Crippen LogP contribution in [0.5, 0.6) is 5.75 Å². The number of halogens is 2. The molecule has 0 saturated carbocycles. The molecule has 1 unspecified atom stereocenters. The van der Waals surface area contributed by atoms with Gasteiger partial charge in [0.1, 0.15) is 5.82 Å². The molecular formula is C11H14BrFN2O2. The van der Waals surface area contributed by atoms with Crippen molar-refractivity contribution in [3.63, 3.8) is 0 Å². The van der Waals surface area contributed by atoms with Gasteiger partial charge in [0.05, 0.1) is 10.2 Å². The summed E-state index contributed by atoms with van der Waals surface area (Å²) >= 11 is 3.14. The number of amides is 1. The lowest BCUT2D eigenvalue weighted by Gasteiger charge is -2.16. The summed E-state index contributed by atoms with van der Waals surface area (Å²) in [6.45, 7) is 3.93. The highest BCUT2D eigenvalue weighted by atomic mass is 79.9. The van der Waals surface area contributed by atoms with Crippen LogP contribution in [0.15, 0.2) is 16.6 Å². The van der Waals surface area contributed by atoms with E-state index >= 15 is 0 Å². The number of ether oxygens (including phenoxy) is 1. The van der Waals surface area contributed by atoms with Gasteiger partial charge in [-0.3, -0.25) is 4.79 Å². The number of anilines is 1. The van der Waals surface area contributed by atoms with E-state index in [1.54, 1.807) is 6.92 Å². The summed E-state index contributed by atoms with van der Waals surface area (Å²) in [5.74, 6) is -0.444. The van der Waals surface area contributed by atoms with Gasteiger partial charge >= 0.3 is 0 Å². The Labute approximate surface area is 107 Å². The van der Waals surface area contributed by atoms with E-state index in [2.05, 4.69) is 21.2 Å². The summed E-state index contributed by atoms with van der Waals surface area (Å²) < 4.78 is 18.8. The van der Waals surface area contributed by atoms with Gasteiger partial charge in [-0.25, -0.2) is 4.39 Å². The zero-order valence-corrected chi connectivity index (χ0v) is 11.2. The number of carbonyl (C=O) groups excluding carboxylic acids is 1. The third-order valence-electron chi connectivity index (χ3n) is 2.05. The highest BCUT2D eigenvalue weighted by molar-refractivity contribution is 9.10. The molecule has 0 spiro atoms. The van der Waals surface area contributed by atoms with Crippen molar-refractivity contribution in [3.8, 4) is 5.75 Å². The van der Waals surface area contributed by atoms with Crippen molar-refractivity contribution < 1.29 is 13.9 Å². The molecule has 0 aliphatic carbocycles. The Bertz CT molecular complexity index is 403. The molecule has 0 bridgehead atoms. The lowest BCUT2D eigenvalue weighted by molar-refractivity contribution is -0.127. The highest BCUT2D eigenvalue weighted by Crippen LogP contribution is 2.33. The van der Waals surface area contributed by atoms with Crippen LogP contribution in [-0.4, -0.2) is 18.6 Å². The number of likely N-dealkylation sites (N-methyl/N-ethyl adjacent to an activating group) is 1. The minimum Gasteiger partial charge on any atom is -0.478 e. The molecule has 0 fully saturated rings. The molecule has 17 heavy (non-hydrogen) atoms. The molecule has 0 aromatic heterocycles. The Balaban J connectivity index is 2.85. The van der Waals surface area contributed by atoms with Crippen molar-refractivity contribution in [1.82, 2.24) is 5.32 Å². The number of benzene rings is 1. The first-order chi connectivity index (χ1) is 7.95. The molecule has 1 aromatic carbocycles. The molecule has 0 radical (unpaired) electrons. The van der Waals surface area contributed by atoms with E-state index in [0.717, 1.165) is 6.07 Å². The average Bonchev–Trinajstić information content (AvgIpc) is 2.23. The van der Waals surface area contributed by atoms with Crippen molar-refractivity contribution >= 4 is 27.5 Å². The van der Waals surface area contributed by atoms with Crippen molar-refractivity contribution in [3.05, 3.63) is 22.4 Å². The quantitative estimate of drug-likeness (QED) is 0.837. The van der Waals surface area contributed by atoms with Crippen LogP contribution in [0.4, 0.5) is 10.1 Å². The van der Waals surface area contributed by atoms with Crippen molar-refractivity contribution in [2.75, 3.05) is 12.3 Å². The van der Waals surface area contributed by atoms with Crippen LogP contribution in [0.25, 0.3) is 0 Å². The number of carbonyl (C=O) groups is 1. The monoisotopic (exact) mass is 304 g/mol. The number of nitrogens with one attached hydrogen (secondary N) is 1. The molecule has 0 aliphatic heterocycles. The summed E-state index contributed by atoms with van der Waals surface area (Å²) in [6, 6.07) is 2.38. The van der Waals surface area contributed by atoms with E-state index in [1.807, 2.05) is 6.92 Å². The smallest absolute Gasteiger partial charge is 0.260 e. The van der Waals surface area contributed by atoms with Gasteiger partial charge in [-0.1, -0.05) is 0 Å². The zero-order chi connectivity index (χ0) is 13.0. The van der Waals surface area contributed by atoms with E-state index in [-0.39, 0.29) is 17.3 Å². The zero-order valence-electron chi connectivity index (χ0n) is 9.59. The molecule has 0 saturated heterocycles. The van der Waals surface area contributed by atoms with Crippen LogP contribution < -0.4 is 15.8 Å². The number of hydrogen-bond donors (Lipinski definition) is 2. The number of nitrogen functional groups attached to an aromatic ring is 1. The van der Waals surface area contributed by atoms with Gasteiger partial charge in [0.25, 0.3) is 5.91 Å². The Morgan fingerprint density at radius 3 is 2.82 bits per heavy atom. The van der Waals surface area contributed by atoms with Crippen LogP contribution in [0.1, 0.15) is 13.8 Å². The van der Waals surface area contributed by atoms with E-state index in [4.69, 9.17) is 10.5 Å². The maximum absolute atomic E-state index is 13.0.